The van der Waals surface area contributed by atoms with Crippen molar-refractivity contribution in [3.63, 3.8) is 0 Å². The molecule has 0 amide bonds. The van der Waals surface area contributed by atoms with Crippen molar-refractivity contribution in [1.29, 1.82) is 0 Å². The van der Waals surface area contributed by atoms with Crippen molar-refractivity contribution in [2.75, 3.05) is 19.3 Å². The Balaban J connectivity index is 2.06. The third-order valence-electron chi connectivity index (χ3n) is 2.44. The van der Waals surface area contributed by atoms with E-state index in [4.69, 9.17) is 4.74 Å². The van der Waals surface area contributed by atoms with E-state index in [1.165, 1.54) is 10.6 Å². The zero-order valence-electron chi connectivity index (χ0n) is 7.06. The zero-order valence-corrected chi connectivity index (χ0v) is 7.88. The number of nitrogens with zero attached hydrogens (tertiary/aromatic N) is 1. The van der Waals surface area contributed by atoms with E-state index in [0.29, 0.717) is 19.2 Å². The van der Waals surface area contributed by atoms with Crippen molar-refractivity contribution < 1.29 is 13.2 Å². The molecule has 2 aliphatic heterocycles. The summed E-state index contributed by atoms with van der Waals surface area (Å²) in [6, 6.07) is 0. The van der Waals surface area contributed by atoms with Crippen LogP contribution in [0.25, 0.3) is 0 Å². The third-order valence-corrected chi connectivity index (χ3v) is 3.71. The second-order valence-corrected chi connectivity index (χ2v) is 5.46. The summed E-state index contributed by atoms with van der Waals surface area (Å²) in [4.78, 5) is 0. The molecule has 2 saturated heterocycles. The smallest absolute Gasteiger partial charge is 0.211 e. The summed E-state index contributed by atoms with van der Waals surface area (Å²) in [5.41, 5.74) is 0. The van der Waals surface area contributed by atoms with E-state index in [2.05, 4.69) is 0 Å². The molecule has 2 aliphatic rings. The van der Waals surface area contributed by atoms with Crippen molar-refractivity contribution in [2.24, 2.45) is 0 Å². The molecule has 0 unspecified atom stereocenters. The molecular weight excluding hydrogens is 178 g/mol. The lowest BCUT2D eigenvalue weighted by molar-refractivity contribution is 0.297. The van der Waals surface area contributed by atoms with Crippen LogP contribution in [0.1, 0.15) is 12.8 Å². The molecule has 4 nitrogen and oxygen atoms in total. The van der Waals surface area contributed by atoms with Gasteiger partial charge in [0.1, 0.15) is 0 Å². The summed E-state index contributed by atoms with van der Waals surface area (Å²) >= 11 is 0. The van der Waals surface area contributed by atoms with Crippen LogP contribution in [0, 0.1) is 0 Å². The number of rotatable bonds is 1. The molecule has 0 saturated carbocycles. The Labute approximate surface area is 72.6 Å². The van der Waals surface area contributed by atoms with Gasteiger partial charge in [0.25, 0.3) is 0 Å². The van der Waals surface area contributed by atoms with Crippen LogP contribution in [0.4, 0.5) is 0 Å². The van der Waals surface area contributed by atoms with E-state index < -0.39 is 10.0 Å². The Morgan fingerprint density at radius 3 is 2.83 bits per heavy atom. The van der Waals surface area contributed by atoms with Crippen LogP contribution in [0.15, 0.2) is 0 Å². The lowest BCUT2D eigenvalue weighted by Crippen LogP contribution is -2.33. The Morgan fingerprint density at radius 1 is 1.42 bits per heavy atom. The first-order chi connectivity index (χ1) is 5.57. The molecule has 70 valence electrons. The molecule has 0 aromatic heterocycles. The first-order valence-corrected chi connectivity index (χ1v) is 6.03. The average Bonchev–Trinajstić information content (AvgIpc) is 2.56. The zero-order chi connectivity index (χ0) is 8.77. The summed E-state index contributed by atoms with van der Waals surface area (Å²) < 4.78 is 29.1. The van der Waals surface area contributed by atoms with E-state index in [9.17, 15) is 8.42 Å². The van der Waals surface area contributed by atoms with E-state index in [1.54, 1.807) is 0 Å². The molecule has 0 radical (unpaired) electrons. The lowest BCUT2D eigenvalue weighted by atomic mass is 10.2. The van der Waals surface area contributed by atoms with Gasteiger partial charge in [0, 0.05) is 13.1 Å². The highest BCUT2D eigenvalue weighted by Crippen LogP contribution is 2.30. The second-order valence-electron chi connectivity index (χ2n) is 3.48. The molecular formula is C7H13NO3S. The number of hydrogen-bond donors (Lipinski definition) is 0. The van der Waals surface area contributed by atoms with E-state index in [1.807, 2.05) is 0 Å². The Morgan fingerprint density at radius 2 is 2.17 bits per heavy atom. The van der Waals surface area contributed by atoms with Crippen molar-refractivity contribution in [3.8, 4) is 0 Å². The maximum absolute atomic E-state index is 11.2. The Hall–Kier alpha value is -0.130. The molecule has 0 aliphatic carbocycles. The first kappa shape index (κ1) is 8.47. The molecule has 2 fully saturated rings. The van der Waals surface area contributed by atoms with E-state index in [0.717, 1.165) is 12.8 Å². The van der Waals surface area contributed by atoms with Gasteiger partial charge in [0.05, 0.1) is 18.5 Å². The third kappa shape index (κ3) is 1.62. The number of ether oxygens (including phenoxy) is 1. The lowest BCUT2D eigenvalue weighted by Gasteiger charge is -2.16. The molecule has 2 heterocycles. The van der Waals surface area contributed by atoms with E-state index >= 15 is 0 Å². The summed E-state index contributed by atoms with van der Waals surface area (Å²) in [6.45, 7) is 1.22. The molecule has 0 aromatic rings. The molecule has 12 heavy (non-hydrogen) atoms. The highest BCUT2D eigenvalue weighted by atomic mass is 32.2. The van der Waals surface area contributed by atoms with Crippen molar-refractivity contribution in [3.05, 3.63) is 0 Å². The van der Waals surface area contributed by atoms with Gasteiger partial charge < -0.3 is 4.74 Å². The van der Waals surface area contributed by atoms with Crippen LogP contribution in [-0.4, -0.2) is 44.3 Å². The minimum atomic E-state index is -3.00. The molecule has 0 spiro atoms. The average molecular weight is 191 g/mol. The molecule has 0 aromatic carbocycles. The largest absolute Gasteiger partial charge is 0.368 e. The fraction of sp³-hybridized carbons (Fsp3) is 1.00. The van der Waals surface area contributed by atoms with Gasteiger partial charge in [-0.1, -0.05) is 0 Å². The van der Waals surface area contributed by atoms with Crippen LogP contribution in [0.3, 0.4) is 0 Å². The SMILES string of the molecule is CS(=O)(=O)N1CCC[C@H]2O[C@H]2C1. The van der Waals surface area contributed by atoms with Gasteiger partial charge in [-0.2, -0.15) is 4.31 Å². The minimum absolute atomic E-state index is 0.183. The summed E-state index contributed by atoms with van der Waals surface area (Å²) in [5, 5.41) is 0. The maximum atomic E-state index is 11.2. The number of sulfonamides is 1. The Kier molecular flexibility index (Phi) is 1.89. The van der Waals surface area contributed by atoms with Gasteiger partial charge in [0.2, 0.25) is 10.0 Å². The summed E-state index contributed by atoms with van der Waals surface area (Å²) in [5.74, 6) is 0. The van der Waals surface area contributed by atoms with Gasteiger partial charge >= 0.3 is 0 Å². The Bertz CT molecular complexity index is 274. The van der Waals surface area contributed by atoms with E-state index in [-0.39, 0.29) is 6.10 Å². The molecule has 5 heteroatoms. The van der Waals surface area contributed by atoms with Gasteiger partial charge in [-0.05, 0) is 12.8 Å². The fourth-order valence-electron chi connectivity index (χ4n) is 1.66. The molecule has 2 rings (SSSR count). The molecule has 0 bridgehead atoms. The predicted octanol–water partition coefficient (Wildman–Crippen LogP) is -0.191. The number of fused-ring (bicyclic) bond motifs is 1. The predicted molar refractivity (Wildman–Crippen MR) is 44.3 cm³/mol. The highest BCUT2D eigenvalue weighted by Gasteiger charge is 2.42. The minimum Gasteiger partial charge on any atom is -0.368 e. The number of hydrogen-bond acceptors (Lipinski definition) is 3. The quantitative estimate of drug-likeness (QED) is 0.540. The summed E-state index contributed by atoms with van der Waals surface area (Å²) in [6.07, 6.45) is 3.72. The monoisotopic (exact) mass is 191 g/mol. The maximum Gasteiger partial charge on any atom is 0.211 e. The van der Waals surface area contributed by atoms with Gasteiger partial charge in [-0.15, -0.1) is 0 Å². The van der Waals surface area contributed by atoms with Crippen LogP contribution >= 0.6 is 0 Å². The van der Waals surface area contributed by atoms with Crippen molar-refractivity contribution >= 4 is 10.0 Å². The van der Waals surface area contributed by atoms with Gasteiger partial charge in [-0.3, -0.25) is 0 Å². The fourth-order valence-corrected chi connectivity index (χ4v) is 2.53. The van der Waals surface area contributed by atoms with Crippen molar-refractivity contribution in [2.45, 2.75) is 25.0 Å². The highest BCUT2D eigenvalue weighted by molar-refractivity contribution is 7.88. The van der Waals surface area contributed by atoms with Crippen LogP contribution in [-0.2, 0) is 14.8 Å². The van der Waals surface area contributed by atoms with Crippen molar-refractivity contribution in [1.82, 2.24) is 4.31 Å². The van der Waals surface area contributed by atoms with Crippen LogP contribution in [0.5, 0.6) is 0 Å². The first-order valence-electron chi connectivity index (χ1n) is 4.18. The van der Waals surface area contributed by atoms with Crippen LogP contribution in [0.2, 0.25) is 0 Å². The molecule has 2 atom stereocenters. The molecule has 0 N–H and O–H groups in total. The van der Waals surface area contributed by atoms with Gasteiger partial charge in [0.15, 0.2) is 0 Å². The second kappa shape index (κ2) is 2.68. The normalized spacial score (nSPS) is 37.1. The summed E-state index contributed by atoms with van der Waals surface area (Å²) in [7, 11) is -3.00. The standard InChI is InChI=1S/C7H13NO3S/c1-12(9,10)8-4-2-3-6-7(5-8)11-6/h6-7H,2-5H2,1H3/t6-,7+/m1/s1. The number of epoxide rings is 1. The van der Waals surface area contributed by atoms with Gasteiger partial charge in [-0.25, -0.2) is 8.42 Å². The van der Waals surface area contributed by atoms with Crippen LogP contribution < -0.4 is 0 Å². The topological polar surface area (TPSA) is 49.9 Å².